The summed E-state index contributed by atoms with van der Waals surface area (Å²) < 4.78 is 7.04. The lowest BCUT2D eigenvalue weighted by Crippen LogP contribution is -2.13. The van der Waals surface area contributed by atoms with Crippen molar-refractivity contribution in [2.75, 3.05) is 13.7 Å². The standard InChI is InChI=1S/C10H21BN2OP2/c1-7(2)8-6-13(4-5-14-3)12-9(8)10(11,15)16/h6-7H,4-5,11,15-16H2,1-3H3. The Bertz CT molecular complexity index is 347. The molecule has 3 nitrogen and oxygen atoms in total. The van der Waals surface area contributed by atoms with Gasteiger partial charge < -0.3 is 4.74 Å². The highest BCUT2D eigenvalue weighted by atomic mass is 31.1. The maximum atomic E-state index is 5.07. The van der Waals surface area contributed by atoms with E-state index in [4.69, 9.17) is 4.74 Å². The quantitative estimate of drug-likeness (QED) is 0.585. The molecule has 0 aliphatic carbocycles. The predicted octanol–water partition coefficient (Wildman–Crippen LogP) is 1.15. The smallest absolute Gasteiger partial charge is 0.127 e. The van der Waals surface area contributed by atoms with Gasteiger partial charge in [-0.15, -0.1) is 18.5 Å². The van der Waals surface area contributed by atoms with Crippen molar-refractivity contribution < 1.29 is 4.74 Å². The maximum absolute atomic E-state index is 5.07. The van der Waals surface area contributed by atoms with E-state index in [1.807, 2.05) is 4.68 Å². The second-order valence-corrected chi connectivity index (χ2v) is 7.69. The van der Waals surface area contributed by atoms with E-state index in [0.717, 1.165) is 12.2 Å². The topological polar surface area (TPSA) is 27.1 Å². The highest BCUT2D eigenvalue weighted by molar-refractivity contribution is 7.43. The van der Waals surface area contributed by atoms with Gasteiger partial charge in [0, 0.05) is 18.1 Å². The molecular formula is C10H21BN2OP2. The molecule has 1 aromatic heterocycles. The average molecular weight is 258 g/mol. The number of rotatable bonds is 5. The summed E-state index contributed by atoms with van der Waals surface area (Å²) in [6, 6.07) is 0. The number of hydrogen-bond donors (Lipinski definition) is 0. The van der Waals surface area contributed by atoms with Gasteiger partial charge in [-0.05, 0) is 11.5 Å². The number of aromatic nitrogens is 2. The molecular weight excluding hydrogens is 237 g/mol. The summed E-state index contributed by atoms with van der Waals surface area (Å²) in [5, 5.41) is 4.64. The van der Waals surface area contributed by atoms with Crippen molar-refractivity contribution in [2.45, 2.75) is 31.1 Å². The normalized spacial score (nSPS) is 12.4. The third kappa shape index (κ3) is 3.55. The Labute approximate surface area is 104 Å². The van der Waals surface area contributed by atoms with E-state index in [9.17, 15) is 0 Å². The molecule has 0 radical (unpaired) electrons. The van der Waals surface area contributed by atoms with Crippen LogP contribution in [0.3, 0.4) is 0 Å². The van der Waals surface area contributed by atoms with Crippen molar-refractivity contribution in [3.05, 3.63) is 17.5 Å². The highest BCUT2D eigenvalue weighted by Crippen LogP contribution is 2.38. The van der Waals surface area contributed by atoms with Gasteiger partial charge >= 0.3 is 0 Å². The van der Waals surface area contributed by atoms with Crippen LogP contribution in [0.15, 0.2) is 6.20 Å². The summed E-state index contributed by atoms with van der Waals surface area (Å²) in [6.45, 7) is 5.90. The van der Waals surface area contributed by atoms with E-state index >= 15 is 0 Å². The van der Waals surface area contributed by atoms with Crippen LogP contribution in [0.4, 0.5) is 0 Å². The van der Waals surface area contributed by atoms with Gasteiger partial charge in [0.15, 0.2) is 0 Å². The lowest BCUT2D eigenvalue weighted by molar-refractivity contribution is 0.183. The molecule has 0 bridgehead atoms. The molecule has 0 saturated heterocycles. The first-order valence-electron chi connectivity index (χ1n) is 5.50. The minimum atomic E-state index is -0.0576. The largest absolute Gasteiger partial charge is 0.383 e. The summed E-state index contributed by atoms with van der Waals surface area (Å²) in [5.74, 6) is 0.492. The van der Waals surface area contributed by atoms with E-state index in [1.165, 1.54) is 5.56 Å². The van der Waals surface area contributed by atoms with Crippen molar-refractivity contribution in [3.63, 3.8) is 0 Å². The molecule has 0 aliphatic heterocycles. The van der Waals surface area contributed by atoms with E-state index in [1.54, 1.807) is 7.11 Å². The number of nitrogens with zero attached hydrogens (tertiary/aromatic N) is 2. The van der Waals surface area contributed by atoms with E-state index in [-0.39, 0.29) is 4.80 Å². The highest BCUT2D eigenvalue weighted by Gasteiger charge is 2.23. The third-order valence-corrected chi connectivity index (χ3v) is 2.99. The Morgan fingerprint density at radius 1 is 1.56 bits per heavy atom. The van der Waals surface area contributed by atoms with Crippen LogP contribution in [0, 0.1) is 0 Å². The van der Waals surface area contributed by atoms with Crippen LogP contribution < -0.4 is 0 Å². The van der Waals surface area contributed by atoms with Gasteiger partial charge in [0.2, 0.25) is 0 Å². The van der Waals surface area contributed by atoms with E-state index in [2.05, 4.69) is 51.5 Å². The zero-order valence-corrected chi connectivity index (χ0v) is 12.8. The van der Waals surface area contributed by atoms with E-state index < -0.39 is 0 Å². The molecule has 2 atom stereocenters. The molecule has 0 aromatic carbocycles. The van der Waals surface area contributed by atoms with Gasteiger partial charge in [-0.1, -0.05) is 13.8 Å². The number of ether oxygens (including phenoxy) is 1. The molecule has 0 N–H and O–H groups in total. The fourth-order valence-electron chi connectivity index (χ4n) is 1.58. The first kappa shape index (κ1) is 14.2. The van der Waals surface area contributed by atoms with Crippen LogP contribution in [0.2, 0.25) is 0 Å². The molecule has 6 heteroatoms. The molecule has 2 unspecified atom stereocenters. The van der Waals surface area contributed by atoms with Gasteiger partial charge in [-0.25, -0.2) is 0 Å². The Kier molecular flexibility index (Phi) is 4.97. The second-order valence-electron chi connectivity index (χ2n) is 4.63. The predicted molar refractivity (Wildman–Crippen MR) is 77.8 cm³/mol. The average Bonchev–Trinajstić information content (AvgIpc) is 2.58. The van der Waals surface area contributed by atoms with Crippen LogP contribution in [-0.4, -0.2) is 31.3 Å². The Hall–Kier alpha value is 0.0949. The molecule has 0 amide bonds. The summed E-state index contributed by atoms with van der Waals surface area (Å²) in [6.07, 6.45) is 2.13. The fraction of sp³-hybridized carbons (Fsp3) is 0.700. The summed E-state index contributed by atoms with van der Waals surface area (Å²) in [7, 11) is 9.50. The van der Waals surface area contributed by atoms with Crippen molar-refractivity contribution in [3.8, 4) is 0 Å². The van der Waals surface area contributed by atoms with Crippen molar-refractivity contribution in [1.29, 1.82) is 0 Å². The fourth-order valence-corrected chi connectivity index (χ4v) is 2.03. The SMILES string of the molecule is BC(P)(P)c1nn(CCOC)cc1C(C)C. The molecule has 1 rings (SSSR count). The minimum Gasteiger partial charge on any atom is -0.383 e. The minimum absolute atomic E-state index is 0.0576. The number of methoxy groups -OCH3 is 1. The molecule has 0 saturated carbocycles. The molecule has 90 valence electrons. The number of hydrogen-bond acceptors (Lipinski definition) is 2. The summed E-state index contributed by atoms with van der Waals surface area (Å²) >= 11 is 0. The van der Waals surface area contributed by atoms with E-state index in [0.29, 0.717) is 12.5 Å². The molecule has 0 spiro atoms. The van der Waals surface area contributed by atoms with Gasteiger partial charge in [0.1, 0.15) is 7.85 Å². The van der Waals surface area contributed by atoms with Crippen LogP contribution in [-0.2, 0) is 16.1 Å². The Morgan fingerprint density at radius 3 is 2.56 bits per heavy atom. The van der Waals surface area contributed by atoms with Gasteiger partial charge in [0.25, 0.3) is 0 Å². The monoisotopic (exact) mass is 258 g/mol. The molecule has 0 aliphatic rings. The summed E-state index contributed by atoms with van der Waals surface area (Å²) in [4.78, 5) is -0.0576. The summed E-state index contributed by atoms with van der Waals surface area (Å²) in [5.41, 5.74) is 2.44. The molecule has 0 fully saturated rings. The lowest BCUT2D eigenvalue weighted by Gasteiger charge is -2.18. The third-order valence-electron chi connectivity index (χ3n) is 2.45. The first-order chi connectivity index (χ1) is 7.36. The van der Waals surface area contributed by atoms with Crippen molar-refractivity contribution in [1.82, 2.24) is 9.78 Å². The molecule has 1 heterocycles. The van der Waals surface area contributed by atoms with Crippen LogP contribution >= 0.6 is 18.5 Å². The Balaban J connectivity index is 3.01. The molecule has 1 aromatic rings. The lowest BCUT2D eigenvalue weighted by atomic mass is 9.93. The van der Waals surface area contributed by atoms with Gasteiger partial charge in [-0.3, -0.25) is 4.68 Å². The van der Waals surface area contributed by atoms with Crippen molar-refractivity contribution in [2.24, 2.45) is 0 Å². The molecule has 16 heavy (non-hydrogen) atoms. The first-order valence-corrected chi connectivity index (χ1v) is 6.66. The van der Waals surface area contributed by atoms with Crippen LogP contribution in [0.5, 0.6) is 0 Å². The van der Waals surface area contributed by atoms with Crippen LogP contribution in [0.25, 0.3) is 0 Å². The van der Waals surface area contributed by atoms with Crippen LogP contribution in [0.1, 0.15) is 31.0 Å². The van der Waals surface area contributed by atoms with Crippen molar-refractivity contribution >= 4 is 26.3 Å². The van der Waals surface area contributed by atoms with Gasteiger partial charge in [0.05, 0.1) is 18.8 Å². The second kappa shape index (κ2) is 5.62. The zero-order chi connectivity index (χ0) is 12.3. The maximum Gasteiger partial charge on any atom is 0.127 e. The zero-order valence-electron chi connectivity index (χ0n) is 10.5. The Morgan fingerprint density at radius 2 is 2.19 bits per heavy atom. The van der Waals surface area contributed by atoms with Gasteiger partial charge in [-0.2, -0.15) is 5.10 Å².